The van der Waals surface area contributed by atoms with Crippen molar-refractivity contribution in [1.82, 2.24) is 5.32 Å². The largest absolute Gasteiger partial charge is 0.469 e. The second-order valence-corrected chi connectivity index (χ2v) is 5.19. The molecule has 1 rings (SSSR count). The molecule has 0 aliphatic carbocycles. The molecule has 116 valence electrons. The molecule has 0 radical (unpaired) electrons. The highest BCUT2D eigenvalue weighted by Crippen LogP contribution is 2.37. The summed E-state index contributed by atoms with van der Waals surface area (Å²) in [5.74, 6) is -0.0510. The second kappa shape index (κ2) is 7.09. The monoisotopic (exact) mass is 313 g/mol. The van der Waals surface area contributed by atoms with Gasteiger partial charge in [-0.3, -0.25) is 9.32 Å². The predicted octanol–water partition coefficient (Wildman–Crippen LogP) is -3.35. The van der Waals surface area contributed by atoms with Crippen molar-refractivity contribution in [3.05, 3.63) is 0 Å². The van der Waals surface area contributed by atoms with Gasteiger partial charge in [0.05, 0.1) is 13.2 Å². The minimum Gasteiger partial charge on any atom is -0.387 e. The number of hydrogen-bond donors (Lipinski definition) is 6. The topological polar surface area (TPSA) is 184 Å². The van der Waals surface area contributed by atoms with Crippen molar-refractivity contribution >= 4 is 20.1 Å². The molecule has 1 aliphatic rings. The summed E-state index contributed by atoms with van der Waals surface area (Å²) < 4.78 is 19.8. The maximum absolute atomic E-state index is 10.5. The molecule has 1 heterocycles. The fraction of sp³-hybridized carbons (Fsp3) is 0.750. The van der Waals surface area contributed by atoms with Gasteiger partial charge in [0.1, 0.15) is 24.1 Å². The van der Waals surface area contributed by atoms with Gasteiger partial charge in [-0.1, -0.05) is 0 Å². The van der Waals surface area contributed by atoms with Crippen LogP contribution in [-0.4, -0.2) is 69.9 Å². The number of hydrogen-bond acceptors (Lipinski definition) is 7. The minimum atomic E-state index is -4.71. The molecule has 12 heteroatoms. The lowest BCUT2D eigenvalue weighted by molar-refractivity contribution is -0.109. The van der Waals surface area contributed by atoms with Crippen LogP contribution in [0.2, 0.25) is 0 Å². The van der Waals surface area contributed by atoms with Crippen molar-refractivity contribution in [2.45, 2.75) is 24.5 Å². The molecule has 0 saturated carbocycles. The maximum atomic E-state index is 10.5. The third kappa shape index (κ3) is 5.13. The summed E-state index contributed by atoms with van der Waals surface area (Å²) in [6.45, 7) is -0.698. The smallest absolute Gasteiger partial charge is 0.387 e. The van der Waals surface area contributed by atoms with Crippen LogP contribution in [0, 0.1) is 0 Å². The van der Waals surface area contributed by atoms with E-state index >= 15 is 0 Å². The number of rotatable bonds is 7. The van der Waals surface area contributed by atoms with Gasteiger partial charge in [0.25, 0.3) is 0 Å². The fourth-order valence-electron chi connectivity index (χ4n) is 1.50. The van der Waals surface area contributed by atoms with Crippen molar-refractivity contribution in [2.75, 3.05) is 13.2 Å². The quantitative estimate of drug-likeness (QED) is 0.121. The molecule has 0 aromatic rings. The number of carbonyl (C=O) groups excluding carboxylic acids is 1. The maximum Gasteiger partial charge on any atom is 0.469 e. The third-order valence-electron chi connectivity index (χ3n) is 2.40. The van der Waals surface area contributed by atoms with Crippen molar-refractivity contribution in [1.29, 1.82) is 0 Å². The number of aliphatic hydroxyl groups is 2. The number of nitrogens with zero attached hydrogens (tertiary/aromatic N) is 1. The average molecular weight is 313 g/mol. The molecular formula is C8H16N3O8P. The predicted molar refractivity (Wildman–Crippen MR) is 64.4 cm³/mol. The van der Waals surface area contributed by atoms with Crippen LogP contribution in [0.1, 0.15) is 0 Å². The van der Waals surface area contributed by atoms with Crippen molar-refractivity contribution in [3.63, 3.8) is 0 Å². The Morgan fingerprint density at radius 1 is 1.45 bits per heavy atom. The first kappa shape index (κ1) is 17.0. The molecule has 20 heavy (non-hydrogen) atoms. The van der Waals surface area contributed by atoms with Gasteiger partial charge in [0.15, 0.2) is 6.23 Å². The van der Waals surface area contributed by atoms with Crippen LogP contribution in [-0.2, 0) is 18.6 Å². The molecule has 7 N–H and O–H groups in total. The number of aliphatic imine (C=N–C) groups is 1. The van der Waals surface area contributed by atoms with Crippen LogP contribution >= 0.6 is 7.82 Å². The van der Waals surface area contributed by atoms with E-state index < -0.39 is 39.0 Å². The molecule has 0 unspecified atom stereocenters. The van der Waals surface area contributed by atoms with E-state index in [1.165, 1.54) is 0 Å². The Bertz CT molecular complexity index is 413. The lowest BCUT2D eigenvalue weighted by Crippen LogP contribution is -2.35. The molecule has 0 spiro atoms. The van der Waals surface area contributed by atoms with Crippen molar-refractivity contribution in [3.8, 4) is 0 Å². The van der Waals surface area contributed by atoms with E-state index in [0.717, 1.165) is 0 Å². The first-order valence-corrected chi connectivity index (χ1v) is 6.98. The van der Waals surface area contributed by atoms with E-state index in [9.17, 15) is 19.6 Å². The molecule has 11 nitrogen and oxygen atoms in total. The number of carbonyl (C=O) groups is 1. The number of phosphoric acid groups is 1. The van der Waals surface area contributed by atoms with Gasteiger partial charge in [0, 0.05) is 0 Å². The Labute approximate surface area is 113 Å². The average Bonchev–Trinajstić information content (AvgIpc) is 2.61. The van der Waals surface area contributed by atoms with Crippen LogP contribution in [0.4, 0.5) is 0 Å². The number of nitrogens with two attached hydrogens (primary N) is 1. The standard InChI is InChI=1S/C8H16N3O8P/c9-5(1-10-3-12)11-8-7(14)6(13)4(19-8)2-18-20(15,16)17/h3-4,6-8,13-14H,1-2H2,(H2,9,11)(H,10,12)(H2,15,16,17)/t4-,6+,7-,8-/m1/s1. The minimum absolute atomic E-state index is 0.0510. The van der Waals surface area contributed by atoms with Gasteiger partial charge in [-0.2, -0.15) is 0 Å². The van der Waals surface area contributed by atoms with Gasteiger partial charge in [-0.05, 0) is 0 Å². The second-order valence-electron chi connectivity index (χ2n) is 3.95. The molecule has 1 saturated heterocycles. The van der Waals surface area contributed by atoms with Gasteiger partial charge < -0.3 is 35.8 Å². The first-order valence-electron chi connectivity index (χ1n) is 5.45. The van der Waals surface area contributed by atoms with E-state index in [-0.39, 0.29) is 12.4 Å². The Morgan fingerprint density at radius 2 is 2.10 bits per heavy atom. The molecule has 1 fully saturated rings. The summed E-state index contributed by atoms with van der Waals surface area (Å²) in [5, 5.41) is 21.5. The van der Waals surface area contributed by atoms with Crippen LogP contribution in [0.25, 0.3) is 0 Å². The van der Waals surface area contributed by atoms with Crippen LogP contribution < -0.4 is 11.1 Å². The zero-order valence-corrected chi connectivity index (χ0v) is 11.1. The fourth-order valence-corrected chi connectivity index (χ4v) is 1.84. The molecule has 1 aliphatic heterocycles. The normalized spacial score (nSPS) is 31.3. The number of aliphatic hydroxyl groups excluding tert-OH is 2. The molecule has 4 atom stereocenters. The Morgan fingerprint density at radius 3 is 2.65 bits per heavy atom. The van der Waals surface area contributed by atoms with Gasteiger partial charge in [-0.15, -0.1) is 0 Å². The summed E-state index contributed by atoms with van der Waals surface area (Å²) in [7, 11) is -4.71. The van der Waals surface area contributed by atoms with Crippen LogP contribution in [0.5, 0.6) is 0 Å². The lowest BCUT2D eigenvalue weighted by Gasteiger charge is -2.14. The van der Waals surface area contributed by atoms with E-state index in [0.29, 0.717) is 6.41 Å². The Hall–Kier alpha value is -1.07. The van der Waals surface area contributed by atoms with E-state index in [4.69, 9.17) is 20.3 Å². The summed E-state index contributed by atoms with van der Waals surface area (Å²) in [6.07, 6.45) is -4.86. The molecule has 0 bridgehead atoms. The molecule has 0 aromatic carbocycles. The number of nitrogens with one attached hydrogen (secondary N) is 1. The van der Waals surface area contributed by atoms with Crippen molar-refractivity contribution in [2.24, 2.45) is 10.7 Å². The van der Waals surface area contributed by atoms with E-state index in [1.807, 2.05) is 0 Å². The van der Waals surface area contributed by atoms with Gasteiger partial charge in [0.2, 0.25) is 6.41 Å². The highest BCUT2D eigenvalue weighted by Gasteiger charge is 2.43. The molecule has 1 amide bonds. The van der Waals surface area contributed by atoms with Gasteiger partial charge >= 0.3 is 7.82 Å². The third-order valence-corrected chi connectivity index (χ3v) is 2.89. The summed E-state index contributed by atoms with van der Waals surface area (Å²) in [4.78, 5) is 30.9. The first-order chi connectivity index (χ1) is 9.24. The van der Waals surface area contributed by atoms with Gasteiger partial charge in [-0.25, -0.2) is 9.56 Å². The lowest BCUT2D eigenvalue weighted by atomic mass is 10.1. The SMILES string of the molecule is NC(CNC=O)=N[C@@H]1O[C@H](COP(=O)(O)O)[C@H](O)[C@H]1O. The molecular weight excluding hydrogens is 297 g/mol. The Balaban J connectivity index is 2.59. The summed E-state index contributed by atoms with van der Waals surface area (Å²) >= 11 is 0. The Kier molecular flexibility index (Phi) is 6.02. The number of amides is 1. The number of ether oxygens (including phenoxy) is 1. The van der Waals surface area contributed by atoms with Crippen LogP contribution in [0.3, 0.4) is 0 Å². The number of phosphoric ester groups is 1. The summed E-state index contributed by atoms with van der Waals surface area (Å²) in [5.41, 5.74) is 5.44. The van der Waals surface area contributed by atoms with E-state index in [1.54, 1.807) is 0 Å². The highest BCUT2D eigenvalue weighted by molar-refractivity contribution is 7.46. The van der Waals surface area contributed by atoms with Crippen LogP contribution in [0.15, 0.2) is 4.99 Å². The zero-order valence-electron chi connectivity index (χ0n) is 10.2. The van der Waals surface area contributed by atoms with E-state index in [2.05, 4.69) is 14.8 Å². The number of amidine groups is 1. The summed E-state index contributed by atoms with van der Waals surface area (Å²) in [6, 6.07) is 0. The molecule has 0 aromatic heterocycles. The van der Waals surface area contributed by atoms with Crippen molar-refractivity contribution < 1.29 is 38.6 Å². The highest BCUT2D eigenvalue weighted by atomic mass is 31.2. The zero-order chi connectivity index (χ0) is 15.3.